The van der Waals surface area contributed by atoms with Gasteiger partial charge in [-0.3, -0.25) is 14.2 Å². The number of ketones is 1. The Morgan fingerprint density at radius 3 is 2.06 bits per heavy atom. The predicted octanol–water partition coefficient (Wildman–Crippen LogP) is 2.00. The Kier molecular flexibility index (Phi) is 9.07. The molecule has 10 heteroatoms. The number of nitrogens with one attached hydrogen (secondary N) is 1. The fraction of sp³-hybridized carbons (Fsp3) is 0.269. The molecule has 4 rings (SSSR count). The third-order valence-corrected chi connectivity index (χ3v) is 5.91. The van der Waals surface area contributed by atoms with Crippen molar-refractivity contribution in [1.29, 1.82) is 0 Å². The van der Waals surface area contributed by atoms with Crippen LogP contribution in [-0.2, 0) is 16.1 Å². The summed E-state index contributed by atoms with van der Waals surface area (Å²) in [5.74, 6) is -2.26. The first-order chi connectivity index (χ1) is 17.3. The Labute approximate surface area is 206 Å². The van der Waals surface area contributed by atoms with Crippen LogP contribution in [0.4, 0.5) is 0 Å². The van der Waals surface area contributed by atoms with Crippen molar-refractivity contribution in [2.24, 2.45) is 5.92 Å². The van der Waals surface area contributed by atoms with E-state index in [1.807, 2.05) is 30.3 Å². The minimum Gasteiger partial charge on any atom is -0.478 e. The first-order valence-electron chi connectivity index (χ1n) is 11.4. The molecule has 2 aromatic carbocycles. The van der Waals surface area contributed by atoms with E-state index in [0.29, 0.717) is 36.1 Å². The molecule has 0 amide bonds. The van der Waals surface area contributed by atoms with Crippen molar-refractivity contribution in [3.8, 4) is 0 Å². The largest absolute Gasteiger partial charge is 0.478 e. The normalized spacial score (nSPS) is 14.3. The van der Waals surface area contributed by atoms with Crippen LogP contribution in [0.1, 0.15) is 23.2 Å². The topological polar surface area (TPSA) is 150 Å². The second kappa shape index (κ2) is 12.4. The summed E-state index contributed by atoms with van der Waals surface area (Å²) < 4.78 is 1.27. The molecule has 1 aliphatic rings. The van der Waals surface area contributed by atoms with Crippen molar-refractivity contribution in [3.05, 3.63) is 93.2 Å². The number of hydrogen-bond acceptors (Lipinski definition) is 6. The van der Waals surface area contributed by atoms with Crippen LogP contribution in [0.5, 0.6) is 0 Å². The molecule has 0 radical (unpaired) electrons. The number of likely N-dealkylation sites (tertiary alicyclic amines) is 1. The SMILES string of the molecule is O=C(O)/C=C\C(=O)O.O=C(c1ccccc1)C1CCN(CCn2c(=O)[nH]c3ccccc3c2=O)CC1. The second-order valence-electron chi connectivity index (χ2n) is 8.29. The fourth-order valence-corrected chi connectivity index (χ4v) is 4.04. The molecule has 10 nitrogen and oxygen atoms in total. The molecule has 3 N–H and O–H groups in total. The number of carboxylic acids is 2. The lowest BCUT2D eigenvalue weighted by atomic mass is 9.89. The number of benzene rings is 2. The molecule has 1 aromatic heterocycles. The van der Waals surface area contributed by atoms with E-state index < -0.39 is 11.9 Å². The number of H-pyrrole nitrogens is 1. The maximum absolute atomic E-state index is 12.6. The smallest absolute Gasteiger partial charge is 0.328 e. The van der Waals surface area contributed by atoms with Crippen molar-refractivity contribution in [2.45, 2.75) is 19.4 Å². The zero-order valence-electron chi connectivity index (χ0n) is 19.5. The van der Waals surface area contributed by atoms with Crippen molar-refractivity contribution in [3.63, 3.8) is 0 Å². The summed E-state index contributed by atoms with van der Waals surface area (Å²) in [5, 5.41) is 16.1. The van der Waals surface area contributed by atoms with Crippen molar-refractivity contribution < 1.29 is 24.6 Å². The van der Waals surface area contributed by atoms with Crippen LogP contribution >= 0.6 is 0 Å². The summed E-state index contributed by atoms with van der Waals surface area (Å²) >= 11 is 0. The summed E-state index contributed by atoms with van der Waals surface area (Å²) in [6, 6.07) is 16.5. The van der Waals surface area contributed by atoms with Gasteiger partial charge in [0.2, 0.25) is 0 Å². The summed E-state index contributed by atoms with van der Waals surface area (Å²) in [6.07, 6.45) is 2.72. The lowest BCUT2D eigenvalue weighted by molar-refractivity contribution is -0.134. The van der Waals surface area contributed by atoms with Gasteiger partial charge in [0.05, 0.1) is 10.9 Å². The minimum atomic E-state index is -1.26. The van der Waals surface area contributed by atoms with Gasteiger partial charge in [-0.1, -0.05) is 42.5 Å². The summed E-state index contributed by atoms with van der Waals surface area (Å²) in [6.45, 7) is 2.55. The number of carbonyl (C=O) groups excluding carboxylic acids is 1. The molecule has 2 heterocycles. The molecule has 0 unspecified atom stereocenters. The maximum atomic E-state index is 12.6. The number of aliphatic carboxylic acids is 2. The summed E-state index contributed by atoms with van der Waals surface area (Å²) in [4.78, 5) is 61.6. The van der Waals surface area contributed by atoms with E-state index in [1.165, 1.54) is 4.57 Å². The molecule has 3 aromatic rings. The molecule has 1 aliphatic heterocycles. The molecule has 1 fully saturated rings. The highest BCUT2D eigenvalue weighted by Gasteiger charge is 2.25. The second-order valence-corrected chi connectivity index (χ2v) is 8.29. The number of rotatable bonds is 7. The molecular formula is C26H27N3O7. The van der Waals surface area contributed by atoms with Gasteiger partial charge in [-0.05, 0) is 38.1 Å². The van der Waals surface area contributed by atoms with Gasteiger partial charge in [0.15, 0.2) is 5.78 Å². The van der Waals surface area contributed by atoms with Crippen LogP contribution in [0.3, 0.4) is 0 Å². The number of nitrogens with zero attached hydrogens (tertiary/aromatic N) is 2. The zero-order valence-corrected chi connectivity index (χ0v) is 19.5. The molecule has 36 heavy (non-hydrogen) atoms. The number of piperidine rings is 1. The number of para-hydroxylation sites is 1. The quantitative estimate of drug-likeness (QED) is 0.334. The van der Waals surface area contributed by atoms with Crippen LogP contribution < -0.4 is 11.2 Å². The van der Waals surface area contributed by atoms with Crippen LogP contribution in [0.25, 0.3) is 10.9 Å². The number of carbonyl (C=O) groups is 3. The number of hydrogen-bond donors (Lipinski definition) is 3. The molecule has 0 spiro atoms. The monoisotopic (exact) mass is 493 g/mol. The number of aromatic nitrogens is 2. The van der Waals surface area contributed by atoms with Gasteiger partial charge in [0, 0.05) is 36.7 Å². The third-order valence-electron chi connectivity index (χ3n) is 5.91. The Hall–Kier alpha value is -4.31. The average Bonchev–Trinajstić information content (AvgIpc) is 2.88. The van der Waals surface area contributed by atoms with E-state index in [0.717, 1.165) is 31.5 Å². The fourth-order valence-electron chi connectivity index (χ4n) is 4.04. The van der Waals surface area contributed by atoms with Gasteiger partial charge in [-0.2, -0.15) is 0 Å². The molecule has 0 bridgehead atoms. The van der Waals surface area contributed by atoms with Crippen molar-refractivity contribution in [2.75, 3.05) is 19.6 Å². The molecule has 188 valence electrons. The number of fused-ring (bicyclic) bond motifs is 1. The zero-order chi connectivity index (χ0) is 26.1. The third kappa shape index (κ3) is 7.09. The highest BCUT2D eigenvalue weighted by molar-refractivity contribution is 5.97. The molecule has 0 atom stereocenters. The minimum absolute atomic E-state index is 0.0467. The lowest BCUT2D eigenvalue weighted by Gasteiger charge is -2.31. The predicted molar refractivity (Wildman–Crippen MR) is 133 cm³/mol. The maximum Gasteiger partial charge on any atom is 0.328 e. The first-order valence-corrected chi connectivity index (χ1v) is 11.4. The average molecular weight is 494 g/mol. The lowest BCUT2D eigenvalue weighted by Crippen LogP contribution is -2.42. The van der Waals surface area contributed by atoms with Crippen LogP contribution in [-0.4, -0.2) is 62.0 Å². The van der Waals surface area contributed by atoms with Gasteiger partial charge in [-0.15, -0.1) is 0 Å². The first kappa shape index (κ1) is 26.3. The van der Waals surface area contributed by atoms with Gasteiger partial charge in [-0.25, -0.2) is 14.4 Å². The molecular weight excluding hydrogens is 466 g/mol. The highest BCUT2D eigenvalue weighted by Crippen LogP contribution is 2.21. The number of carboxylic acid groups (broad SMARTS) is 2. The standard InChI is InChI=1S/C22H23N3O3.C4H4O4/c26-20(16-6-2-1-3-7-16)17-10-12-24(13-11-17)14-15-25-21(27)18-8-4-5-9-19(18)23-22(25)28;5-3(6)1-2-4(7)8/h1-9,17H,10-15H2,(H,23,28);1-2H,(H,5,6)(H,7,8)/b;2-1-. The van der Waals surface area contributed by atoms with Gasteiger partial charge >= 0.3 is 17.6 Å². The van der Waals surface area contributed by atoms with Crippen molar-refractivity contribution in [1.82, 2.24) is 14.5 Å². The van der Waals surface area contributed by atoms with Gasteiger partial charge in [0.1, 0.15) is 0 Å². The molecule has 0 aliphatic carbocycles. The van der Waals surface area contributed by atoms with E-state index in [4.69, 9.17) is 10.2 Å². The Morgan fingerprint density at radius 1 is 0.861 bits per heavy atom. The van der Waals surface area contributed by atoms with E-state index in [1.54, 1.807) is 24.3 Å². The van der Waals surface area contributed by atoms with Crippen molar-refractivity contribution >= 4 is 28.6 Å². The van der Waals surface area contributed by atoms with E-state index in [9.17, 15) is 24.0 Å². The van der Waals surface area contributed by atoms with Crippen LogP contribution in [0, 0.1) is 5.92 Å². The molecule has 0 saturated carbocycles. The Morgan fingerprint density at radius 2 is 1.44 bits per heavy atom. The van der Waals surface area contributed by atoms with E-state index >= 15 is 0 Å². The van der Waals surface area contributed by atoms with Crippen LogP contribution in [0.15, 0.2) is 76.3 Å². The number of aromatic amines is 1. The Balaban J connectivity index is 0.000000392. The van der Waals surface area contributed by atoms with Gasteiger partial charge in [0.25, 0.3) is 5.56 Å². The van der Waals surface area contributed by atoms with Crippen LogP contribution in [0.2, 0.25) is 0 Å². The highest BCUT2D eigenvalue weighted by atomic mass is 16.4. The van der Waals surface area contributed by atoms with Gasteiger partial charge < -0.3 is 20.1 Å². The van der Waals surface area contributed by atoms with E-state index in [-0.39, 0.29) is 23.0 Å². The van der Waals surface area contributed by atoms with E-state index in [2.05, 4.69) is 9.88 Å². The summed E-state index contributed by atoms with van der Waals surface area (Å²) in [7, 11) is 0. The number of Topliss-reactive ketones (excluding diaryl/α,β-unsaturated/α-hetero) is 1. The molecule has 1 saturated heterocycles. The summed E-state index contributed by atoms with van der Waals surface area (Å²) in [5.41, 5.74) is 0.704. The Bertz CT molecular complexity index is 1350.